The fraction of sp³-hybridized carbons (Fsp3) is 0.250. The third kappa shape index (κ3) is 6.86. The monoisotopic (exact) mass is 500 g/mol. The Hall–Kier alpha value is -4.37. The number of nitrogens with two attached hydrogens (primary N) is 4. The van der Waals surface area contributed by atoms with Crippen LogP contribution < -0.4 is 32.4 Å². The van der Waals surface area contributed by atoms with Crippen LogP contribution in [0.25, 0.3) is 0 Å². The molecule has 0 unspecified atom stereocenters. The van der Waals surface area contributed by atoms with Crippen LogP contribution in [-0.2, 0) is 6.61 Å². The predicted molar refractivity (Wildman–Crippen MR) is 144 cm³/mol. The molecule has 1 amide bonds. The number of benzene rings is 3. The van der Waals surface area contributed by atoms with Gasteiger partial charge in [0.2, 0.25) is 5.91 Å². The van der Waals surface area contributed by atoms with Crippen molar-refractivity contribution in [3.05, 3.63) is 89.0 Å². The second-order valence-electron chi connectivity index (χ2n) is 9.14. The summed E-state index contributed by atoms with van der Waals surface area (Å²) in [7, 11) is 0. The molecule has 4 rings (SSSR count). The lowest BCUT2D eigenvalue weighted by atomic mass is 9.92. The normalized spacial score (nSPS) is 17.7. The van der Waals surface area contributed by atoms with Crippen molar-refractivity contribution in [2.75, 3.05) is 0 Å². The molecule has 0 spiro atoms. The number of nitrogen functional groups attached to an aromatic ring is 1. The number of carbonyl (C=O) groups excluding carboxylic acids is 1. The first kappa shape index (κ1) is 25.7. The van der Waals surface area contributed by atoms with Crippen molar-refractivity contribution in [3.63, 3.8) is 0 Å². The minimum absolute atomic E-state index is 0.0142. The van der Waals surface area contributed by atoms with Crippen LogP contribution in [0, 0.1) is 5.41 Å². The zero-order valence-corrected chi connectivity index (χ0v) is 20.5. The molecule has 0 atom stereocenters. The van der Waals surface area contributed by atoms with Crippen LogP contribution in [0.3, 0.4) is 0 Å². The van der Waals surface area contributed by atoms with Crippen LogP contribution in [0.4, 0.5) is 0 Å². The van der Waals surface area contributed by atoms with E-state index < -0.39 is 5.91 Å². The van der Waals surface area contributed by atoms with Crippen LogP contribution in [0.15, 0.2) is 71.7 Å². The van der Waals surface area contributed by atoms with Crippen LogP contribution in [0.1, 0.15) is 52.7 Å². The van der Waals surface area contributed by atoms with Gasteiger partial charge in [-0.25, -0.2) is 0 Å². The second kappa shape index (κ2) is 11.6. The van der Waals surface area contributed by atoms with Crippen molar-refractivity contribution in [1.29, 1.82) is 5.41 Å². The summed E-state index contributed by atoms with van der Waals surface area (Å²) in [5.41, 5.74) is 26.0. The maximum absolute atomic E-state index is 11.5. The van der Waals surface area contributed by atoms with E-state index in [0.29, 0.717) is 39.8 Å². The fourth-order valence-electron chi connectivity index (χ4n) is 4.23. The van der Waals surface area contributed by atoms with E-state index >= 15 is 0 Å². The highest BCUT2D eigenvalue weighted by Gasteiger charge is 2.19. The minimum atomic E-state index is -0.537. The molecule has 3 aromatic rings. The number of nitrogens with one attached hydrogen (secondary N) is 1. The molecule has 0 heterocycles. The van der Waals surface area contributed by atoms with Gasteiger partial charge in [0.1, 0.15) is 35.5 Å². The van der Waals surface area contributed by atoms with Gasteiger partial charge in [0, 0.05) is 23.2 Å². The van der Waals surface area contributed by atoms with Crippen LogP contribution in [-0.4, -0.2) is 29.7 Å². The Kier molecular flexibility index (Phi) is 8.05. The van der Waals surface area contributed by atoms with Crippen LogP contribution in [0.2, 0.25) is 0 Å². The van der Waals surface area contributed by atoms with Crippen molar-refractivity contribution in [1.82, 2.24) is 0 Å². The lowest BCUT2D eigenvalue weighted by Gasteiger charge is -2.23. The summed E-state index contributed by atoms with van der Waals surface area (Å²) in [6, 6.07) is 19.6. The lowest BCUT2D eigenvalue weighted by molar-refractivity contribution is 0.1000. The van der Waals surface area contributed by atoms with Gasteiger partial charge in [-0.3, -0.25) is 15.2 Å². The van der Waals surface area contributed by atoms with Gasteiger partial charge in [-0.2, -0.15) is 0 Å². The number of ether oxygens (including phenoxy) is 2. The van der Waals surface area contributed by atoms with E-state index in [1.165, 1.54) is 0 Å². The van der Waals surface area contributed by atoms with E-state index in [2.05, 4.69) is 0 Å². The van der Waals surface area contributed by atoms with Crippen LogP contribution >= 0.6 is 0 Å². The van der Waals surface area contributed by atoms with Crippen LogP contribution in [0.5, 0.6) is 17.2 Å². The third-order valence-electron chi connectivity index (χ3n) is 6.28. The molecule has 0 saturated heterocycles. The molecular weight excluding hydrogens is 468 g/mol. The Labute approximate surface area is 216 Å². The molecule has 1 aliphatic rings. The van der Waals surface area contributed by atoms with Gasteiger partial charge in [0.05, 0.1) is 11.6 Å². The third-order valence-corrected chi connectivity index (χ3v) is 6.28. The highest BCUT2D eigenvalue weighted by molar-refractivity contribution is 6.00. The molecule has 37 heavy (non-hydrogen) atoms. The number of primary amides is 1. The maximum Gasteiger partial charge on any atom is 0.248 e. The largest absolute Gasteiger partial charge is 0.488 e. The first-order valence-electron chi connectivity index (χ1n) is 12.2. The molecule has 192 valence electrons. The van der Waals surface area contributed by atoms with Crippen molar-refractivity contribution in [2.45, 2.75) is 44.4 Å². The Morgan fingerprint density at radius 1 is 0.892 bits per heavy atom. The van der Waals surface area contributed by atoms with Gasteiger partial charge < -0.3 is 32.4 Å². The molecule has 1 aliphatic carbocycles. The van der Waals surface area contributed by atoms with Crippen molar-refractivity contribution in [2.24, 2.45) is 27.9 Å². The average Bonchev–Trinajstić information content (AvgIpc) is 2.89. The van der Waals surface area contributed by atoms with Gasteiger partial charge in [-0.1, -0.05) is 24.3 Å². The molecule has 9 nitrogen and oxygen atoms in total. The highest BCUT2D eigenvalue weighted by atomic mass is 16.5. The maximum atomic E-state index is 11.5. The summed E-state index contributed by atoms with van der Waals surface area (Å²) in [4.78, 5) is 16.3. The topological polar surface area (TPSA) is 176 Å². The fourth-order valence-corrected chi connectivity index (χ4v) is 4.23. The number of amides is 1. The van der Waals surface area contributed by atoms with E-state index in [4.69, 9.17) is 42.8 Å². The van der Waals surface area contributed by atoms with Gasteiger partial charge in [0.25, 0.3) is 0 Å². The average molecular weight is 501 g/mol. The molecular formula is C28H32N6O3. The lowest BCUT2D eigenvalue weighted by Crippen LogP contribution is -2.29. The predicted octanol–water partition coefficient (Wildman–Crippen LogP) is 3.42. The summed E-state index contributed by atoms with van der Waals surface area (Å²) in [6.45, 7) is 0.223. The smallest absolute Gasteiger partial charge is 0.248 e. The SMILES string of the molecule is N=C(N)c1cccc(COc2cc(Oc3cccc(C(N)=O)c3)ccc2C(N)=NC2CCC(N)CC2)c1. The molecule has 9 N–H and O–H groups in total. The molecule has 1 saturated carbocycles. The van der Waals surface area contributed by atoms with E-state index in [9.17, 15) is 4.79 Å². The number of hydrogen-bond acceptors (Lipinski definition) is 6. The Balaban J connectivity index is 1.61. The zero-order valence-electron chi connectivity index (χ0n) is 20.5. The quantitative estimate of drug-likeness (QED) is 0.222. The standard InChI is InChI=1S/C28H32N6O3/c29-20-7-9-21(10-8-20)34-27(32)24-12-11-23(37-22-6-2-5-19(14-22)28(33)35)15-25(24)36-16-17-3-1-4-18(13-17)26(30)31/h1-6,11-15,20-21H,7-10,16,29H2,(H3,30,31)(H2,32,34)(H2,33,35). The molecule has 0 radical (unpaired) electrons. The summed E-state index contributed by atoms with van der Waals surface area (Å²) >= 11 is 0. The van der Waals surface area contributed by atoms with Gasteiger partial charge in [0.15, 0.2) is 0 Å². The number of hydrogen-bond donors (Lipinski definition) is 5. The minimum Gasteiger partial charge on any atom is -0.488 e. The summed E-state index contributed by atoms with van der Waals surface area (Å²) in [6.07, 6.45) is 3.64. The number of rotatable bonds is 9. The molecule has 0 aliphatic heterocycles. The van der Waals surface area contributed by atoms with Gasteiger partial charge in [-0.05, 0) is 67.6 Å². The first-order chi connectivity index (χ1) is 17.8. The van der Waals surface area contributed by atoms with E-state index in [1.54, 1.807) is 48.5 Å². The van der Waals surface area contributed by atoms with Gasteiger partial charge >= 0.3 is 0 Å². The highest BCUT2D eigenvalue weighted by Crippen LogP contribution is 2.30. The summed E-state index contributed by atoms with van der Waals surface area (Å²) in [5.74, 6) is 1.28. The number of aliphatic imine (C=N–C) groups is 1. The molecule has 0 bridgehead atoms. The Morgan fingerprint density at radius 3 is 2.32 bits per heavy atom. The zero-order chi connectivity index (χ0) is 26.4. The van der Waals surface area contributed by atoms with E-state index in [0.717, 1.165) is 31.2 Å². The van der Waals surface area contributed by atoms with E-state index in [-0.39, 0.29) is 24.5 Å². The molecule has 9 heteroatoms. The summed E-state index contributed by atoms with van der Waals surface area (Å²) < 4.78 is 12.2. The van der Waals surface area contributed by atoms with Crippen molar-refractivity contribution >= 4 is 17.6 Å². The Bertz CT molecular complexity index is 1310. The number of nitrogens with zero attached hydrogens (tertiary/aromatic N) is 1. The summed E-state index contributed by atoms with van der Waals surface area (Å²) in [5, 5.41) is 7.68. The number of amidine groups is 2. The second-order valence-corrected chi connectivity index (χ2v) is 9.14. The first-order valence-corrected chi connectivity index (χ1v) is 12.2. The number of carbonyl (C=O) groups is 1. The molecule has 3 aromatic carbocycles. The molecule has 0 aromatic heterocycles. The Morgan fingerprint density at radius 2 is 1.59 bits per heavy atom. The van der Waals surface area contributed by atoms with Crippen molar-refractivity contribution in [3.8, 4) is 17.2 Å². The molecule has 1 fully saturated rings. The van der Waals surface area contributed by atoms with Crippen molar-refractivity contribution < 1.29 is 14.3 Å². The van der Waals surface area contributed by atoms with E-state index in [1.807, 2.05) is 18.2 Å². The van der Waals surface area contributed by atoms with Gasteiger partial charge in [-0.15, -0.1) is 0 Å².